The minimum Gasteiger partial charge on any atom is -0.310 e. The van der Waals surface area contributed by atoms with Crippen LogP contribution in [0, 0.1) is 0 Å². The van der Waals surface area contributed by atoms with Gasteiger partial charge in [0.15, 0.2) is 0 Å². The first-order valence-electron chi connectivity index (χ1n) is 33.5. The van der Waals surface area contributed by atoms with Crippen LogP contribution in [0.15, 0.2) is 364 Å². The molecule has 458 valence electrons. The molecule has 0 unspecified atom stereocenters. The summed E-state index contributed by atoms with van der Waals surface area (Å²) in [5, 5.41) is 4.86. The van der Waals surface area contributed by atoms with Gasteiger partial charge in [0, 0.05) is 72.5 Å². The number of para-hydroxylation sites is 3. The maximum atomic E-state index is 2.47. The van der Waals surface area contributed by atoms with E-state index in [1.165, 1.54) is 116 Å². The third kappa shape index (κ3) is 10.0. The Hall–Kier alpha value is -12.5. The van der Waals surface area contributed by atoms with E-state index in [-0.39, 0.29) is 5.41 Å². The van der Waals surface area contributed by atoms with E-state index in [0.29, 0.717) is 0 Å². The van der Waals surface area contributed by atoms with Gasteiger partial charge in [0.1, 0.15) is 0 Å². The van der Waals surface area contributed by atoms with Gasteiger partial charge in [-0.25, -0.2) is 0 Å². The fourth-order valence-electron chi connectivity index (χ4n) is 15.2. The van der Waals surface area contributed by atoms with Crippen LogP contribution in [0.4, 0.5) is 34.1 Å². The second-order valence-electron chi connectivity index (χ2n) is 26.1. The van der Waals surface area contributed by atoms with E-state index >= 15 is 0 Å². The molecule has 18 rings (SSSR count). The van der Waals surface area contributed by atoms with Crippen LogP contribution in [0.25, 0.3) is 122 Å². The van der Waals surface area contributed by atoms with Gasteiger partial charge in [-0.2, -0.15) is 0 Å². The van der Waals surface area contributed by atoms with Gasteiger partial charge < -0.3 is 18.9 Å². The average Bonchev–Trinajstić information content (AvgIpc) is 1.58. The van der Waals surface area contributed by atoms with E-state index in [9.17, 15) is 0 Å². The summed E-state index contributed by atoms with van der Waals surface area (Å²) in [4.78, 5) is 4.78. The predicted molar refractivity (Wildman–Crippen MR) is 409 cm³/mol. The molecule has 0 spiro atoms. The summed E-state index contributed by atoms with van der Waals surface area (Å²) in [5.41, 5.74) is 30.5. The maximum Gasteiger partial charge on any atom is 0.0542 e. The molecule has 17 aromatic rings. The highest BCUT2D eigenvalue weighted by atomic mass is 15.1. The highest BCUT2D eigenvalue weighted by molar-refractivity contribution is 6.12. The van der Waals surface area contributed by atoms with Gasteiger partial charge in [0.2, 0.25) is 0 Å². The zero-order valence-electron chi connectivity index (χ0n) is 53.9. The third-order valence-corrected chi connectivity index (χ3v) is 20.1. The standard InChI is InChI=1S/C93H66N4/c1-93(2)87-59-72(71-33-31-66(32-34-71)70-41-50-77(51-42-70)95(76-48-39-69(40-49-76)65-23-11-5-12-24-65)78-53-57-91-85(60-78)83-27-15-17-29-89(83)96(91)73-25-13-6-14-26-73)43-55-81(87)82-56-52-80(62-88(82)93)97-90-30-18-16-28-84(90)86-61-79(54-58-92(86)97)94(74-44-35-67(36-45-74)63-19-7-3-8-20-63)75-46-37-68(38-47-75)64-21-9-4-10-22-64/h3-62H,1-2H3. The topological polar surface area (TPSA) is 16.3 Å². The maximum absolute atomic E-state index is 2.47. The van der Waals surface area contributed by atoms with Crippen molar-refractivity contribution in [2.24, 2.45) is 0 Å². The molecule has 97 heavy (non-hydrogen) atoms. The zero-order chi connectivity index (χ0) is 64.6. The fraction of sp³-hybridized carbons (Fsp3) is 0.0323. The van der Waals surface area contributed by atoms with Gasteiger partial charge in [-0.05, 0) is 205 Å². The summed E-state index contributed by atoms with van der Waals surface area (Å²) in [6, 6.07) is 133. The van der Waals surface area contributed by atoms with Gasteiger partial charge >= 0.3 is 0 Å². The molecule has 2 aromatic heterocycles. The molecule has 0 aliphatic heterocycles. The van der Waals surface area contributed by atoms with Crippen LogP contribution in [-0.2, 0) is 5.41 Å². The van der Waals surface area contributed by atoms with Crippen molar-refractivity contribution in [1.29, 1.82) is 0 Å². The van der Waals surface area contributed by atoms with Gasteiger partial charge in [-0.15, -0.1) is 0 Å². The van der Waals surface area contributed by atoms with Crippen molar-refractivity contribution in [1.82, 2.24) is 9.13 Å². The van der Waals surface area contributed by atoms with Gasteiger partial charge in [0.05, 0.1) is 22.1 Å². The van der Waals surface area contributed by atoms with Crippen LogP contribution in [0.1, 0.15) is 25.0 Å². The fourth-order valence-corrected chi connectivity index (χ4v) is 15.2. The van der Waals surface area contributed by atoms with E-state index in [4.69, 9.17) is 0 Å². The van der Waals surface area contributed by atoms with Crippen molar-refractivity contribution in [3.8, 4) is 78.1 Å². The lowest BCUT2D eigenvalue weighted by Crippen LogP contribution is -2.15. The van der Waals surface area contributed by atoms with Gasteiger partial charge in [0.25, 0.3) is 0 Å². The Labute approximate surface area is 565 Å². The zero-order valence-corrected chi connectivity index (χ0v) is 53.9. The summed E-state index contributed by atoms with van der Waals surface area (Å²) in [5.74, 6) is 0. The molecule has 0 saturated heterocycles. The molecule has 2 heterocycles. The summed E-state index contributed by atoms with van der Waals surface area (Å²) in [7, 11) is 0. The number of rotatable bonds is 13. The minimum absolute atomic E-state index is 0.248. The molecule has 0 N–H and O–H groups in total. The van der Waals surface area contributed by atoms with Crippen LogP contribution < -0.4 is 9.80 Å². The molecule has 0 bridgehead atoms. The van der Waals surface area contributed by atoms with Gasteiger partial charge in [-0.3, -0.25) is 0 Å². The Bertz CT molecular complexity index is 5690. The number of aromatic nitrogens is 2. The number of fused-ring (bicyclic) bond motifs is 9. The van der Waals surface area contributed by atoms with E-state index in [0.717, 1.165) is 51.1 Å². The summed E-state index contributed by atoms with van der Waals surface area (Å²) in [6.07, 6.45) is 0. The Morgan fingerprint density at radius 2 is 0.495 bits per heavy atom. The predicted octanol–water partition coefficient (Wildman–Crippen LogP) is 25.5. The first-order chi connectivity index (χ1) is 47.8. The molecule has 0 saturated carbocycles. The molecule has 0 radical (unpaired) electrons. The van der Waals surface area contributed by atoms with E-state index in [1.54, 1.807) is 0 Å². The van der Waals surface area contributed by atoms with Crippen molar-refractivity contribution in [2.45, 2.75) is 19.3 Å². The molecular weight excluding hydrogens is 1170 g/mol. The van der Waals surface area contributed by atoms with Gasteiger partial charge in [-0.1, -0.05) is 250 Å². The van der Waals surface area contributed by atoms with Crippen LogP contribution >= 0.6 is 0 Å². The molecule has 0 fully saturated rings. The van der Waals surface area contributed by atoms with Crippen molar-refractivity contribution < 1.29 is 0 Å². The lowest BCUT2D eigenvalue weighted by Gasteiger charge is -2.26. The van der Waals surface area contributed by atoms with Crippen molar-refractivity contribution in [3.63, 3.8) is 0 Å². The lowest BCUT2D eigenvalue weighted by atomic mass is 9.81. The van der Waals surface area contributed by atoms with Crippen LogP contribution in [-0.4, -0.2) is 9.13 Å². The van der Waals surface area contributed by atoms with Crippen molar-refractivity contribution in [2.75, 3.05) is 9.80 Å². The van der Waals surface area contributed by atoms with Crippen LogP contribution in [0.2, 0.25) is 0 Å². The Kier molecular flexibility index (Phi) is 13.9. The SMILES string of the molecule is CC1(C)c2cc(-c3ccc(-c4ccc(N(c5ccc(-c6ccccc6)cc5)c5ccc6c(c5)c5ccccc5n6-c5ccccc5)cc4)cc3)ccc2-c2ccc(-n3c4ccccc4c4cc(N(c5ccc(-c6ccccc6)cc5)c5ccc(-c6ccccc6)cc5)ccc43)cc21. The third-order valence-electron chi connectivity index (χ3n) is 20.1. The molecule has 0 atom stereocenters. The number of anilines is 6. The highest BCUT2D eigenvalue weighted by Gasteiger charge is 2.36. The summed E-state index contributed by atoms with van der Waals surface area (Å²) in [6.45, 7) is 4.79. The Morgan fingerprint density at radius 3 is 0.907 bits per heavy atom. The van der Waals surface area contributed by atoms with Crippen molar-refractivity contribution >= 4 is 77.7 Å². The monoisotopic (exact) mass is 1240 g/mol. The second-order valence-corrected chi connectivity index (χ2v) is 26.1. The minimum atomic E-state index is -0.248. The quantitative estimate of drug-likeness (QED) is 0.114. The lowest BCUT2D eigenvalue weighted by molar-refractivity contribution is 0.660. The number of hydrogen-bond donors (Lipinski definition) is 0. The highest BCUT2D eigenvalue weighted by Crippen LogP contribution is 2.52. The molecule has 15 aromatic carbocycles. The van der Waals surface area contributed by atoms with Crippen LogP contribution in [0.5, 0.6) is 0 Å². The first kappa shape index (κ1) is 57.2. The van der Waals surface area contributed by atoms with E-state index in [1.807, 2.05) is 0 Å². The van der Waals surface area contributed by atoms with E-state index < -0.39 is 0 Å². The number of hydrogen-bond acceptors (Lipinski definition) is 2. The smallest absolute Gasteiger partial charge is 0.0542 e. The molecule has 1 aliphatic carbocycles. The first-order valence-corrected chi connectivity index (χ1v) is 33.5. The molecule has 4 heteroatoms. The summed E-state index contributed by atoms with van der Waals surface area (Å²) >= 11 is 0. The Morgan fingerprint density at radius 1 is 0.206 bits per heavy atom. The molecular formula is C93H66N4. The van der Waals surface area contributed by atoms with Crippen molar-refractivity contribution in [3.05, 3.63) is 375 Å². The second kappa shape index (κ2) is 23.5. The summed E-state index contributed by atoms with van der Waals surface area (Å²) < 4.78 is 4.85. The number of benzene rings is 15. The normalized spacial score (nSPS) is 12.3. The largest absolute Gasteiger partial charge is 0.310 e. The number of nitrogens with zero attached hydrogens (tertiary/aromatic N) is 4. The Balaban J connectivity index is 0.643. The molecule has 0 amide bonds. The van der Waals surface area contributed by atoms with E-state index in [2.05, 4.69) is 397 Å². The molecule has 1 aliphatic rings. The molecule has 4 nitrogen and oxygen atoms in total. The van der Waals surface area contributed by atoms with Crippen LogP contribution in [0.3, 0.4) is 0 Å². The average molecular weight is 1240 g/mol.